The summed E-state index contributed by atoms with van der Waals surface area (Å²) in [5.41, 5.74) is 2.41. The number of likely N-dealkylation sites (tertiary alicyclic amines) is 2. The van der Waals surface area contributed by atoms with Gasteiger partial charge in [-0.1, -0.05) is 18.2 Å². The SMILES string of the molecule is O=C(C=CCN1CC2CC(C1)c1cccc(=O)n1C2)N1CC2CC(C1)c1cccc(=O)n1C2. The average molecular weight is 447 g/mol. The van der Waals surface area contributed by atoms with Crippen molar-refractivity contribution in [1.82, 2.24) is 18.9 Å². The molecule has 2 saturated heterocycles. The molecule has 0 aliphatic carbocycles. The van der Waals surface area contributed by atoms with E-state index in [4.69, 9.17) is 0 Å². The standard InChI is InChI=1S/C26H30N4O3/c31-24(28-13-19-11-21(17-28)23-5-2-7-26(33)30(23)15-19)8-3-9-27-12-18-10-20(16-27)22-4-1-6-25(32)29(22)14-18/h1-8,18-21H,9-17H2. The van der Waals surface area contributed by atoms with Gasteiger partial charge in [-0.2, -0.15) is 0 Å². The van der Waals surface area contributed by atoms with Crippen LogP contribution in [0.15, 0.2) is 58.1 Å². The van der Waals surface area contributed by atoms with E-state index in [1.54, 1.807) is 18.2 Å². The Morgan fingerprint density at radius 1 is 0.788 bits per heavy atom. The van der Waals surface area contributed by atoms with E-state index >= 15 is 0 Å². The van der Waals surface area contributed by atoms with E-state index in [2.05, 4.69) is 11.0 Å². The molecule has 1 amide bonds. The van der Waals surface area contributed by atoms with Crippen LogP contribution in [0.1, 0.15) is 36.1 Å². The number of fused-ring (bicyclic) bond motifs is 8. The van der Waals surface area contributed by atoms with Crippen molar-refractivity contribution in [2.24, 2.45) is 11.8 Å². The van der Waals surface area contributed by atoms with Crippen molar-refractivity contribution in [3.8, 4) is 0 Å². The lowest BCUT2D eigenvalue weighted by Gasteiger charge is -2.43. The summed E-state index contributed by atoms with van der Waals surface area (Å²) >= 11 is 0. The van der Waals surface area contributed by atoms with Crippen LogP contribution >= 0.6 is 0 Å². The second-order valence-corrected chi connectivity index (χ2v) is 10.3. The Hall–Kier alpha value is -2.93. The molecule has 2 aromatic rings. The van der Waals surface area contributed by atoms with Gasteiger partial charge in [0.15, 0.2) is 0 Å². The van der Waals surface area contributed by atoms with Gasteiger partial charge in [-0.25, -0.2) is 0 Å². The van der Waals surface area contributed by atoms with Gasteiger partial charge in [0.2, 0.25) is 5.91 Å². The highest BCUT2D eigenvalue weighted by Gasteiger charge is 2.36. The summed E-state index contributed by atoms with van der Waals surface area (Å²) in [5, 5.41) is 0. The number of carbonyl (C=O) groups excluding carboxylic acids is 1. The van der Waals surface area contributed by atoms with Crippen molar-refractivity contribution in [2.75, 3.05) is 32.7 Å². The first-order chi connectivity index (χ1) is 16.0. The first-order valence-corrected chi connectivity index (χ1v) is 12.1. The normalized spacial score (nSPS) is 28.4. The molecule has 0 aromatic carbocycles. The number of aromatic nitrogens is 2. The lowest BCUT2D eigenvalue weighted by molar-refractivity contribution is -0.128. The second kappa shape index (κ2) is 8.13. The van der Waals surface area contributed by atoms with E-state index in [-0.39, 0.29) is 22.9 Å². The van der Waals surface area contributed by atoms with Crippen molar-refractivity contribution in [3.05, 3.63) is 80.6 Å². The van der Waals surface area contributed by atoms with Gasteiger partial charge in [0.25, 0.3) is 11.1 Å². The molecule has 4 aliphatic heterocycles. The maximum atomic E-state index is 13.0. The van der Waals surface area contributed by atoms with Crippen LogP contribution in [0, 0.1) is 11.8 Å². The minimum absolute atomic E-state index is 0.0701. The summed E-state index contributed by atoms with van der Waals surface area (Å²) < 4.78 is 3.85. The van der Waals surface area contributed by atoms with Crippen LogP contribution in [0.3, 0.4) is 0 Å². The summed E-state index contributed by atoms with van der Waals surface area (Å²) in [7, 11) is 0. The van der Waals surface area contributed by atoms with Gasteiger partial charge < -0.3 is 14.0 Å². The third kappa shape index (κ3) is 3.78. The van der Waals surface area contributed by atoms with E-state index in [0.29, 0.717) is 30.8 Å². The molecule has 6 rings (SSSR count). The maximum Gasteiger partial charge on any atom is 0.250 e. The fourth-order valence-electron chi connectivity index (χ4n) is 6.63. The molecule has 7 nitrogen and oxygen atoms in total. The first kappa shape index (κ1) is 20.7. The Balaban J connectivity index is 1.09. The Labute approximate surface area is 192 Å². The summed E-state index contributed by atoms with van der Waals surface area (Å²) in [6, 6.07) is 11.1. The van der Waals surface area contributed by atoms with Gasteiger partial charge >= 0.3 is 0 Å². The number of carbonyl (C=O) groups is 1. The molecule has 0 spiro atoms. The molecular weight excluding hydrogens is 416 g/mol. The predicted molar refractivity (Wildman–Crippen MR) is 125 cm³/mol. The van der Waals surface area contributed by atoms with Gasteiger partial charge in [-0.15, -0.1) is 0 Å². The molecule has 0 radical (unpaired) electrons. The lowest BCUT2D eigenvalue weighted by Crippen LogP contribution is -2.48. The van der Waals surface area contributed by atoms with Gasteiger partial charge in [0.1, 0.15) is 0 Å². The molecule has 2 aromatic heterocycles. The zero-order valence-electron chi connectivity index (χ0n) is 18.8. The van der Waals surface area contributed by atoms with Gasteiger partial charge in [-0.05, 0) is 36.8 Å². The largest absolute Gasteiger partial charge is 0.338 e. The van der Waals surface area contributed by atoms with Crippen LogP contribution in [0.2, 0.25) is 0 Å². The molecule has 4 unspecified atom stereocenters. The quantitative estimate of drug-likeness (QED) is 0.673. The van der Waals surface area contributed by atoms with Gasteiger partial charge in [0, 0.05) is 87.2 Å². The topological polar surface area (TPSA) is 67.6 Å². The van der Waals surface area contributed by atoms with Crippen molar-refractivity contribution >= 4 is 5.91 Å². The molecule has 4 atom stereocenters. The van der Waals surface area contributed by atoms with Crippen molar-refractivity contribution in [3.63, 3.8) is 0 Å². The van der Waals surface area contributed by atoms with Crippen LogP contribution in [0.5, 0.6) is 0 Å². The van der Waals surface area contributed by atoms with E-state index in [9.17, 15) is 14.4 Å². The van der Waals surface area contributed by atoms with E-state index in [0.717, 1.165) is 57.0 Å². The minimum Gasteiger partial charge on any atom is -0.338 e. The molecule has 33 heavy (non-hydrogen) atoms. The Bertz CT molecular complexity index is 1230. The van der Waals surface area contributed by atoms with Crippen LogP contribution in [0.25, 0.3) is 0 Å². The molecule has 4 aliphatic rings. The second-order valence-electron chi connectivity index (χ2n) is 10.3. The van der Waals surface area contributed by atoms with Crippen LogP contribution < -0.4 is 11.1 Å². The van der Waals surface area contributed by atoms with Gasteiger partial charge in [-0.3, -0.25) is 19.3 Å². The monoisotopic (exact) mass is 446 g/mol. The Morgan fingerprint density at radius 2 is 1.39 bits per heavy atom. The van der Waals surface area contributed by atoms with E-state index < -0.39 is 0 Å². The third-order valence-electron chi connectivity index (χ3n) is 7.97. The number of hydrogen-bond acceptors (Lipinski definition) is 4. The van der Waals surface area contributed by atoms with Crippen molar-refractivity contribution < 1.29 is 4.79 Å². The molecule has 7 heteroatoms. The fraction of sp³-hybridized carbons (Fsp3) is 0.500. The molecule has 4 bridgehead atoms. The third-order valence-corrected chi connectivity index (χ3v) is 7.97. The number of piperidine rings is 2. The van der Waals surface area contributed by atoms with Crippen LogP contribution in [-0.4, -0.2) is 57.6 Å². The summed E-state index contributed by atoms with van der Waals surface area (Å²) in [6.07, 6.45) is 5.94. The highest BCUT2D eigenvalue weighted by atomic mass is 16.2. The number of hydrogen-bond donors (Lipinski definition) is 0. The van der Waals surface area contributed by atoms with E-state index in [1.807, 2.05) is 38.3 Å². The number of nitrogens with zero attached hydrogens (tertiary/aromatic N) is 4. The smallest absolute Gasteiger partial charge is 0.250 e. The summed E-state index contributed by atoms with van der Waals surface area (Å²) in [6.45, 7) is 5.57. The number of pyridine rings is 2. The molecule has 2 fully saturated rings. The predicted octanol–water partition coefficient (Wildman–Crippen LogP) is 1.63. The number of amides is 1. The highest BCUT2D eigenvalue weighted by molar-refractivity contribution is 5.87. The zero-order valence-corrected chi connectivity index (χ0v) is 18.8. The van der Waals surface area contributed by atoms with Crippen LogP contribution in [-0.2, 0) is 17.9 Å². The van der Waals surface area contributed by atoms with Gasteiger partial charge in [0.05, 0.1) is 0 Å². The molecule has 172 valence electrons. The summed E-state index contributed by atoms with van der Waals surface area (Å²) in [4.78, 5) is 41.8. The lowest BCUT2D eigenvalue weighted by atomic mass is 9.83. The zero-order chi connectivity index (χ0) is 22.5. The Kier molecular flexibility index (Phi) is 5.09. The molecule has 6 heterocycles. The van der Waals surface area contributed by atoms with E-state index in [1.165, 1.54) is 0 Å². The Morgan fingerprint density at radius 3 is 2.06 bits per heavy atom. The maximum absolute atomic E-state index is 13.0. The number of rotatable bonds is 3. The first-order valence-electron chi connectivity index (χ1n) is 12.1. The van der Waals surface area contributed by atoms with Crippen LogP contribution in [0.4, 0.5) is 0 Å². The highest BCUT2D eigenvalue weighted by Crippen LogP contribution is 2.36. The molecular formula is C26H30N4O3. The molecule has 0 N–H and O–H groups in total. The minimum atomic E-state index is 0.0701. The summed E-state index contributed by atoms with van der Waals surface area (Å²) in [5.74, 6) is 1.55. The fourth-order valence-corrected chi connectivity index (χ4v) is 6.63. The van der Waals surface area contributed by atoms with Crippen molar-refractivity contribution in [2.45, 2.75) is 37.8 Å². The van der Waals surface area contributed by atoms with Crippen molar-refractivity contribution in [1.29, 1.82) is 0 Å². The molecule has 0 saturated carbocycles. The average Bonchev–Trinajstić information content (AvgIpc) is 2.80.